The fourth-order valence-electron chi connectivity index (χ4n) is 3.00. The second kappa shape index (κ2) is 9.68. The van der Waals surface area contributed by atoms with Gasteiger partial charge < -0.3 is 4.90 Å². The smallest absolute Gasteiger partial charge is 0.0466 e. The van der Waals surface area contributed by atoms with Crippen LogP contribution in [0.15, 0.2) is 78.9 Å². The maximum absolute atomic E-state index is 2.33. The maximum atomic E-state index is 2.33. The Balaban J connectivity index is 0.00000109. The lowest BCUT2D eigenvalue weighted by Gasteiger charge is -2.26. The summed E-state index contributed by atoms with van der Waals surface area (Å²) in [4.78, 5) is 2.33. The quantitative estimate of drug-likeness (QED) is 0.469. The molecule has 0 saturated heterocycles. The van der Waals surface area contributed by atoms with Crippen LogP contribution in [0.25, 0.3) is 0 Å². The summed E-state index contributed by atoms with van der Waals surface area (Å²) in [5.41, 5.74) is 6.31. The molecule has 0 aliphatic rings. The number of hydrogen-bond donors (Lipinski definition) is 0. The molecule has 1 heteroatoms. The molecule has 130 valence electrons. The van der Waals surface area contributed by atoms with Crippen molar-refractivity contribution in [3.8, 4) is 0 Å². The Morgan fingerprint density at radius 3 is 1.68 bits per heavy atom. The van der Waals surface area contributed by atoms with Gasteiger partial charge in [-0.1, -0.05) is 69.7 Å². The highest BCUT2D eigenvalue weighted by atomic mass is 15.1. The molecule has 0 unspecified atom stereocenters. The van der Waals surface area contributed by atoms with Gasteiger partial charge >= 0.3 is 0 Å². The zero-order valence-corrected chi connectivity index (χ0v) is 15.9. The van der Waals surface area contributed by atoms with Crippen molar-refractivity contribution in [2.45, 2.75) is 40.5 Å². The third-order valence-corrected chi connectivity index (χ3v) is 3.95. The minimum atomic E-state index is 1.12. The first kappa shape index (κ1) is 18.8. The molecule has 0 radical (unpaired) electrons. The Morgan fingerprint density at radius 1 is 0.680 bits per heavy atom. The van der Waals surface area contributed by atoms with E-state index in [4.69, 9.17) is 0 Å². The molecule has 25 heavy (non-hydrogen) atoms. The third kappa shape index (κ3) is 4.96. The molecule has 3 aromatic rings. The van der Waals surface area contributed by atoms with Crippen LogP contribution in [0, 0.1) is 6.92 Å². The monoisotopic (exact) mass is 331 g/mol. The summed E-state index contributed by atoms with van der Waals surface area (Å²) in [6, 6.07) is 28.0. The molecule has 0 fully saturated rings. The molecule has 3 aromatic carbocycles. The van der Waals surface area contributed by atoms with E-state index in [0.29, 0.717) is 0 Å². The molecule has 1 nitrogen and oxygen atoms in total. The SMILES string of the molecule is CC.CCCc1cc(C)cc(N(c2ccccc2)c2ccccc2)c1. The Morgan fingerprint density at radius 2 is 1.20 bits per heavy atom. The van der Waals surface area contributed by atoms with E-state index in [-0.39, 0.29) is 0 Å². The lowest BCUT2D eigenvalue weighted by Crippen LogP contribution is -2.10. The van der Waals surface area contributed by atoms with Gasteiger partial charge in [0.15, 0.2) is 0 Å². The van der Waals surface area contributed by atoms with E-state index in [1.165, 1.54) is 34.6 Å². The standard InChI is InChI=1S/C22H23N.C2H6/c1-3-10-19-15-18(2)16-22(17-19)23(20-11-6-4-7-12-20)21-13-8-5-9-14-21;1-2/h4-9,11-17H,3,10H2,1-2H3;1-2H3. The van der Waals surface area contributed by atoms with Gasteiger partial charge in [-0.2, -0.15) is 0 Å². The molecule has 0 aliphatic carbocycles. The predicted octanol–water partition coefficient (Wildman–Crippen LogP) is 7.44. The van der Waals surface area contributed by atoms with Gasteiger partial charge in [0.1, 0.15) is 0 Å². The largest absolute Gasteiger partial charge is 0.310 e. The highest BCUT2D eigenvalue weighted by Gasteiger charge is 2.12. The van der Waals surface area contributed by atoms with E-state index >= 15 is 0 Å². The van der Waals surface area contributed by atoms with Gasteiger partial charge in [0.05, 0.1) is 0 Å². The van der Waals surface area contributed by atoms with Crippen LogP contribution >= 0.6 is 0 Å². The van der Waals surface area contributed by atoms with Crippen molar-refractivity contribution in [1.29, 1.82) is 0 Å². The molecule has 0 spiro atoms. The summed E-state index contributed by atoms with van der Waals surface area (Å²) in [6.45, 7) is 8.41. The zero-order valence-electron chi connectivity index (χ0n) is 15.9. The molecule has 0 saturated carbocycles. The molecular formula is C24H29N. The Hall–Kier alpha value is -2.54. The first-order chi connectivity index (χ1) is 12.3. The summed E-state index contributed by atoms with van der Waals surface area (Å²) in [6.07, 6.45) is 2.28. The number of hydrogen-bond acceptors (Lipinski definition) is 1. The summed E-state index contributed by atoms with van der Waals surface area (Å²) >= 11 is 0. The molecule has 0 heterocycles. The van der Waals surface area contributed by atoms with E-state index in [1.54, 1.807) is 0 Å². The minimum Gasteiger partial charge on any atom is -0.310 e. The number of aryl methyl sites for hydroxylation is 2. The predicted molar refractivity (Wildman–Crippen MR) is 111 cm³/mol. The van der Waals surface area contributed by atoms with E-state index in [1.807, 2.05) is 13.8 Å². The first-order valence-electron chi connectivity index (χ1n) is 9.28. The number of anilines is 3. The van der Waals surface area contributed by atoms with Crippen LogP contribution in [0.2, 0.25) is 0 Å². The fraction of sp³-hybridized carbons (Fsp3) is 0.250. The Labute approximate surface area is 153 Å². The molecule has 0 bridgehead atoms. The topological polar surface area (TPSA) is 3.24 Å². The lowest BCUT2D eigenvalue weighted by molar-refractivity contribution is 0.919. The van der Waals surface area contributed by atoms with Crippen LogP contribution in [-0.2, 0) is 6.42 Å². The number of benzene rings is 3. The Bertz CT molecular complexity index is 708. The van der Waals surface area contributed by atoms with Crippen molar-refractivity contribution in [2.75, 3.05) is 4.90 Å². The van der Waals surface area contributed by atoms with Crippen LogP contribution in [0.1, 0.15) is 38.3 Å². The molecule has 0 aliphatic heterocycles. The van der Waals surface area contributed by atoms with Crippen molar-refractivity contribution >= 4 is 17.1 Å². The molecule has 3 rings (SSSR count). The minimum absolute atomic E-state index is 1.12. The molecule has 0 aromatic heterocycles. The second-order valence-corrected chi connectivity index (χ2v) is 5.93. The van der Waals surface area contributed by atoms with E-state index < -0.39 is 0 Å². The molecule has 0 N–H and O–H groups in total. The van der Waals surface area contributed by atoms with Crippen molar-refractivity contribution in [2.24, 2.45) is 0 Å². The summed E-state index contributed by atoms with van der Waals surface area (Å²) in [7, 11) is 0. The maximum Gasteiger partial charge on any atom is 0.0466 e. The van der Waals surface area contributed by atoms with Gasteiger partial charge in [-0.3, -0.25) is 0 Å². The number of nitrogens with zero attached hydrogens (tertiary/aromatic N) is 1. The van der Waals surface area contributed by atoms with Crippen LogP contribution in [0.4, 0.5) is 17.1 Å². The Kier molecular flexibility index (Phi) is 7.28. The van der Waals surface area contributed by atoms with Crippen molar-refractivity contribution in [3.63, 3.8) is 0 Å². The van der Waals surface area contributed by atoms with Crippen LogP contribution < -0.4 is 4.90 Å². The van der Waals surface area contributed by atoms with Crippen molar-refractivity contribution < 1.29 is 0 Å². The highest BCUT2D eigenvalue weighted by Crippen LogP contribution is 2.35. The van der Waals surface area contributed by atoms with Gasteiger partial charge in [0, 0.05) is 17.1 Å². The van der Waals surface area contributed by atoms with Gasteiger partial charge in [0.25, 0.3) is 0 Å². The summed E-state index contributed by atoms with van der Waals surface area (Å²) in [5.74, 6) is 0. The van der Waals surface area contributed by atoms with E-state index in [2.05, 4.69) is 97.6 Å². The van der Waals surface area contributed by atoms with Gasteiger partial charge in [0.2, 0.25) is 0 Å². The van der Waals surface area contributed by atoms with Crippen molar-refractivity contribution in [3.05, 3.63) is 90.0 Å². The second-order valence-electron chi connectivity index (χ2n) is 5.93. The molecule has 0 atom stereocenters. The third-order valence-electron chi connectivity index (χ3n) is 3.95. The molecular weight excluding hydrogens is 302 g/mol. The van der Waals surface area contributed by atoms with Gasteiger partial charge in [-0.05, 0) is 60.9 Å². The molecule has 0 amide bonds. The fourth-order valence-corrected chi connectivity index (χ4v) is 3.00. The summed E-state index contributed by atoms with van der Waals surface area (Å²) in [5, 5.41) is 0. The average Bonchev–Trinajstić information content (AvgIpc) is 2.65. The van der Waals surface area contributed by atoms with E-state index in [0.717, 1.165) is 6.42 Å². The summed E-state index contributed by atoms with van der Waals surface area (Å²) < 4.78 is 0. The van der Waals surface area contributed by atoms with Crippen LogP contribution in [0.5, 0.6) is 0 Å². The van der Waals surface area contributed by atoms with Gasteiger partial charge in [-0.15, -0.1) is 0 Å². The zero-order chi connectivity index (χ0) is 18.1. The van der Waals surface area contributed by atoms with Crippen LogP contribution in [-0.4, -0.2) is 0 Å². The highest BCUT2D eigenvalue weighted by molar-refractivity contribution is 5.77. The number of rotatable bonds is 5. The normalized spacial score (nSPS) is 9.92. The first-order valence-corrected chi connectivity index (χ1v) is 9.28. The lowest BCUT2D eigenvalue weighted by atomic mass is 10.0. The van der Waals surface area contributed by atoms with Crippen LogP contribution in [0.3, 0.4) is 0 Å². The average molecular weight is 332 g/mol. The number of para-hydroxylation sites is 2. The van der Waals surface area contributed by atoms with Crippen molar-refractivity contribution in [1.82, 2.24) is 0 Å². The van der Waals surface area contributed by atoms with Gasteiger partial charge in [-0.25, -0.2) is 0 Å². The van der Waals surface area contributed by atoms with E-state index in [9.17, 15) is 0 Å².